The van der Waals surface area contributed by atoms with Gasteiger partial charge in [0.25, 0.3) is 0 Å². The van der Waals surface area contributed by atoms with Crippen LogP contribution in [0.3, 0.4) is 0 Å². The smallest absolute Gasteiger partial charge is 0.247 e. The first-order valence-electron chi connectivity index (χ1n) is 7.71. The van der Waals surface area contributed by atoms with E-state index in [1.165, 1.54) is 5.56 Å². The Balaban J connectivity index is 1.30. The Morgan fingerprint density at radius 2 is 1.83 bits per heavy atom. The van der Waals surface area contributed by atoms with Crippen molar-refractivity contribution in [1.82, 2.24) is 15.5 Å². The number of nitrogens with one attached hydrogen (secondary N) is 1. The van der Waals surface area contributed by atoms with Gasteiger partial charge in [-0.25, -0.2) is 0 Å². The molecule has 116 valence electrons. The SMILES string of the molecule is c1ccc(-c2nnc(CNC[C@H]3Cc4ccccc4O3)o2)cc1. The summed E-state index contributed by atoms with van der Waals surface area (Å²) in [5.41, 5.74) is 2.20. The highest BCUT2D eigenvalue weighted by atomic mass is 16.5. The van der Waals surface area contributed by atoms with Crippen molar-refractivity contribution in [3.63, 3.8) is 0 Å². The van der Waals surface area contributed by atoms with Gasteiger partial charge in [-0.2, -0.15) is 0 Å². The van der Waals surface area contributed by atoms with Crippen molar-refractivity contribution in [2.45, 2.75) is 19.1 Å². The highest BCUT2D eigenvalue weighted by Crippen LogP contribution is 2.27. The molecule has 0 unspecified atom stereocenters. The number of nitrogens with zero attached hydrogens (tertiary/aromatic N) is 2. The van der Waals surface area contributed by atoms with Crippen LogP contribution in [0.1, 0.15) is 11.5 Å². The van der Waals surface area contributed by atoms with E-state index in [4.69, 9.17) is 9.15 Å². The van der Waals surface area contributed by atoms with E-state index in [1.54, 1.807) is 0 Å². The van der Waals surface area contributed by atoms with Crippen LogP contribution in [0.15, 0.2) is 59.0 Å². The van der Waals surface area contributed by atoms with Crippen molar-refractivity contribution >= 4 is 0 Å². The maximum Gasteiger partial charge on any atom is 0.247 e. The summed E-state index contributed by atoms with van der Waals surface area (Å²) in [5.74, 6) is 2.12. The minimum atomic E-state index is 0.156. The molecule has 0 saturated carbocycles. The average Bonchev–Trinajstić information content (AvgIpc) is 3.22. The van der Waals surface area contributed by atoms with Gasteiger partial charge in [-0.05, 0) is 23.8 Å². The van der Waals surface area contributed by atoms with Crippen LogP contribution in [0.2, 0.25) is 0 Å². The molecule has 1 aliphatic rings. The lowest BCUT2D eigenvalue weighted by molar-refractivity contribution is 0.225. The first kappa shape index (κ1) is 14.0. The van der Waals surface area contributed by atoms with Crippen LogP contribution in [-0.4, -0.2) is 22.8 Å². The van der Waals surface area contributed by atoms with Gasteiger partial charge in [-0.1, -0.05) is 36.4 Å². The number of fused-ring (bicyclic) bond motifs is 1. The summed E-state index contributed by atoms with van der Waals surface area (Å²) < 4.78 is 11.6. The van der Waals surface area contributed by atoms with Crippen molar-refractivity contribution < 1.29 is 9.15 Å². The molecule has 23 heavy (non-hydrogen) atoms. The van der Waals surface area contributed by atoms with Crippen molar-refractivity contribution in [2.24, 2.45) is 0 Å². The third-order valence-corrected chi connectivity index (χ3v) is 3.85. The standard InChI is InChI=1S/C18H17N3O2/c1-2-6-13(7-3-1)18-21-20-17(23-18)12-19-11-15-10-14-8-4-5-9-16(14)22-15/h1-9,15,19H,10-12H2/t15-/m1/s1. The molecule has 0 fully saturated rings. The Hall–Kier alpha value is -2.66. The lowest BCUT2D eigenvalue weighted by Gasteiger charge is -2.10. The van der Waals surface area contributed by atoms with Crippen molar-refractivity contribution in [3.05, 3.63) is 66.1 Å². The number of hydrogen-bond acceptors (Lipinski definition) is 5. The zero-order valence-corrected chi connectivity index (χ0v) is 12.6. The summed E-state index contributed by atoms with van der Waals surface area (Å²) in [5, 5.41) is 11.5. The van der Waals surface area contributed by atoms with Crippen LogP contribution < -0.4 is 10.1 Å². The number of ether oxygens (including phenoxy) is 1. The molecule has 3 aromatic rings. The minimum Gasteiger partial charge on any atom is -0.488 e. The predicted molar refractivity (Wildman–Crippen MR) is 86.0 cm³/mol. The Morgan fingerprint density at radius 1 is 1.00 bits per heavy atom. The van der Waals surface area contributed by atoms with Gasteiger partial charge >= 0.3 is 0 Å². The van der Waals surface area contributed by atoms with Crippen molar-refractivity contribution in [2.75, 3.05) is 6.54 Å². The number of benzene rings is 2. The highest BCUT2D eigenvalue weighted by molar-refractivity contribution is 5.51. The molecule has 4 rings (SSSR count). The predicted octanol–water partition coefficient (Wildman–Crippen LogP) is 2.83. The Bertz CT molecular complexity index is 761. The van der Waals surface area contributed by atoms with Crippen LogP contribution in [-0.2, 0) is 13.0 Å². The van der Waals surface area contributed by atoms with E-state index in [9.17, 15) is 0 Å². The zero-order chi connectivity index (χ0) is 15.5. The monoisotopic (exact) mass is 307 g/mol. The first-order valence-corrected chi connectivity index (χ1v) is 7.71. The second kappa shape index (κ2) is 6.22. The molecule has 0 amide bonds. The van der Waals surface area contributed by atoms with E-state index < -0.39 is 0 Å². The fourth-order valence-corrected chi connectivity index (χ4v) is 2.73. The summed E-state index contributed by atoms with van der Waals surface area (Å²) in [6.07, 6.45) is 1.09. The maximum absolute atomic E-state index is 5.89. The minimum absolute atomic E-state index is 0.156. The quantitative estimate of drug-likeness (QED) is 0.785. The molecule has 1 N–H and O–H groups in total. The molecule has 2 heterocycles. The molecule has 5 heteroatoms. The molecule has 5 nitrogen and oxygen atoms in total. The van der Waals surface area contributed by atoms with Crippen molar-refractivity contribution in [1.29, 1.82) is 0 Å². The topological polar surface area (TPSA) is 60.2 Å². The second-order valence-electron chi connectivity index (χ2n) is 5.55. The van der Waals surface area contributed by atoms with Gasteiger partial charge in [-0.15, -0.1) is 10.2 Å². The van der Waals surface area contributed by atoms with Gasteiger partial charge in [0.2, 0.25) is 11.8 Å². The molecule has 0 radical (unpaired) electrons. The number of para-hydroxylation sites is 1. The molecular formula is C18H17N3O2. The van der Waals surface area contributed by atoms with E-state index >= 15 is 0 Å². The van der Waals surface area contributed by atoms with Gasteiger partial charge in [0.05, 0.1) is 6.54 Å². The molecule has 0 aliphatic carbocycles. The zero-order valence-electron chi connectivity index (χ0n) is 12.6. The van der Waals surface area contributed by atoms with Crippen LogP contribution in [0, 0.1) is 0 Å². The Kier molecular flexibility index (Phi) is 3.78. The highest BCUT2D eigenvalue weighted by Gasteiger charge is 2.21. The molecule has 1 aromatic heterocycles. The van der Waals surface area contributed by atoms with Crippen LogP contribution >= 0.6 is 0 Å². The van der Waals surface area contributed by atoms with E-state index in [1.807, 2.05) is 48.5 Å². The molecular weight excluding hydrogens is 290 g/mol. The Labute approximate surface area is 134 Å². The molecule has 2 aromatic carbocycles. The van der Waals surface area contributed by atoms with Crippen LogP contribution in [0.4, 0.5) is 0 Å². The normalized spacial score (nSPS) is 16.1. The van der Waals surface area contributed by atoms with Crippen LogP contribution in [0.5, 0.6) is 5.75 Å². The number of hydrogen-bond donors (Lipinski definition) is 1. The van der Waals surface area contributed by atoms with E-state index in [-0.39, 0.29) is 6.10 Å². The molecule has 1 aliphatic heterocycles. The van der Waals surface area contributed by atoms with Crippen LogP contribution in [0.25, 0.3) is 11.5 Å². The van der Waals surface area contributed by atoms with E-state index in [2.05, 4.69) is 21.6 Å². The Morgan fingerprint density at radius 3 is 2.70 bits per heavy atom. The third-order valence-electron chi connectivity index (χ3n) is 3.85. The largest absolute Gasteiger partial charge is 0.488 e. The summed E-state index contributed by atoms with van der Waals surface area (Å²) >= 11 is 0. The van der Waals surface area contributed by atoms with Gasteiger partial charge in [0, 0.05) is 18.5 Å². The average molecular weight is 307 g/mol. The fourth-order valence-electron chi connectivity index (χ4n) is 2.73. The van der Waals surface area contributed by atoms with Gasteiger partial charge in [0.1, 0.15) is 11.9 Å². The van der Waals surface area contributed by atoms with Gasteiger partial charge < -0.3 is 14.5 Å². The molecule has 0 spiro atoms. The molecule has 0 bridgehead atoms. The van der Waals surface area contributed by atoms with E-state index in [0.29, 0.717) is 18.3 Å². The lowest BCUT2D eigenvalue weighted by Crippen LogP contribution is -2.29. The molecule has 0 saturated heterocycles. The summed E-state index contributed by atoms with van der Waals surface area (Å²) in [6.45, 7) is 1.29. The van der Waals surface area contributed by atoms with Crippen molar-refractivity contribution in [3.8, 4) is 17.2 Å². The van der Waals surface area contributed by atoms with Gasteiger partial charge in [-0.3, -0.25) is 0 Å². The van der Waals surface area contributed by atoms with Gasteiger partial charge in [0.15, 0.2) is 0 Å². The molecule has 1 atom stereocenters. The second-order valence-corrected chi connectivity index (χ2v) is 5.55. The number of aromatic nitrogens is 2. The summed E-state index contributed by atoms with van der Waals surface area (Å²) in [7, 11) is 0. The fraction of sp³-hybridized carbons (Fsp3) is 0.222. The lowest BCUT2D eigenvalue weighted by atomic mass is 10.1. The first-order chi connectivity index (χ1) is 11.4. The maximum atomic E-state index is 5.89. The summed E-state index contributed by atoms with van der Waals surface area (Å²) in [6, 6.07) is 17.9. The summed E-state index contributed by atoms with van der Waals surface area (Å²) in [4.78, 5) is 0. The third kappa shape index (κ3) is 3.10. The van der Waals surface area contributed by atoms with E-state index in [0.717, 1.165) is 24.3 Å². The number of rotatable bonds is 5.